The third kappa shape index (κ3) is 2.58. The molecule has 0 aliphatic carbocycles. The van der Waals surface area contributed by atoms with E-state index in [9.17, 15) is 14.3 Å². The van der Waals surface area contributed by atoms with Gasteiger partial charge in [-0.05, 0) is 35.0 Å². The molecule has 0 aliphatic rings. The summed E-state index contributed by atoms with van der Waals surface area (Å²) in [4.78, 5) is 11.5. The molecule has 0 bridgehead atoms. The van der Waals surface area contributed by atoms with E-state index < -0.39 is 20.0 Å². The summed E-state index contributed by atoms with van der Waals surface area (Å²) < 4.78 is 16.8. The van der Waals surface area contributed by atoms with Gasteiger partial charge in [-0.15, -0.1) is 0 Å². The molecule has 2 rings (SSSR count). The van der Waals surface area contributed by atoms with Crippen molar-refractivity contribution in [3.63, 3.8) is 0 Å². The fourth-order valence-corrected chi connectivity index (χ4v) is 11.4. The molecule has 0 amide bonds. The Hall–Kier alpha value is -1.33. The van der Waals surface area contributed by atoms with Crippen molar-refractivity contribution in [3.05, 3.63) is 34.7 Å². The summed E-state index contributed by atoms with van der Waals surface area (Å²) in [6.45, 7) is 13.3. The fraction of sp³-hybridized carbons (Fsp3) is 0.500. The van der Waals surface area contributed by atoms with Crippen molar-refractivity contribution >= 4 is 36.7 Å². The van der Waals surface area contributed by atoms with Crippen LogP contribution in [0.5, 0.6) is 0 Å². The van der Waals surface area contributed by atoms with E-state index in [1.165, 1.54) is 6.07 Å². The highest BCUT2D eigenvalue weighted by Gasteiger charge is 2.45. The van der Waals surface area contributed by atoms with Gasteiger partial charge in [0.05, 0.1) is 10.6 Å². The van der Waals surface area contributed by atoms with Crippen LogP contribution in [0, 0.1) is 5.82 Å². The van der Waals surface area contributed by atoms with Gasteiger partial charge in [-0.1, -0.05) is 53.1 Å². The lowest BCUT2D eigenvalue weighted by Crippen LogP contribution is -2.51. The van der Waals surface area contributed by atoms with Crippen LogP contribution >= 0.6 is 11.6 Å². The minimum atomic E-state index is -2.10. The Morgan fingerprint density at radius 1 is 1.17 bits per heavy atom. The number of halogens is 2. The lowest BCUT2D eigenvalue weighted by atomic mass is 10.1. The standard InChI is InChI=1S/C18H25ClFNO2Si/c1-10(2)24(11(3)4,12(5)6)21-8-7-13-15(21)9-14(18(22)23)16(19)17(13)20/h7-12H,1-6H3,(H,22,23). The average molecular weight is 370 g/mol. The maximum atomic E-state index is 14.6. The quantitative estimate of drug-likeness (QED) is 0.641. The van der Waals surface area contributed by atoms with Crippen molar-refractivity contribution in [1.82, 2.24) is 4.23 Å². The second kappa shape index (κ2) is 6.52. The first-order valence-corrected chi connectivity index (χ1v) is 10.8. The first-order valence-electron chi connectivity index (χ1n) is 8.29. The Bertz CT molecular complexity index is 761. The van der Waals surface area contributed by atoms with E-state index in [-0.39, 0.29) is 10.6 Å². The highest BCUT2D eigenvalue weighted by molar-refractivity contribution is 6.82. The number of carboxylic acids is 1. The largest absolute Gasteiger partial charge is 0.478 e. The topological polar surface area (TPSA) is 42.2 Å². The van der Waals surface area contributed by atoms with E-state index in [2.05, 4.69) is 45.8 Å². The molecule has 0 saturated heterocycles. The number of hydrogen-bond acceptors (Lipinski definition) is 1. The van der Waals surface area contributed by atoms with Crippen LogP contribution in [0.15, 0.2) is 18.3 Å². The maximum Gasteiger partial charge on any atom is 0.337 e. The number of carboxylic acid groups (broad SMARTS) is 1. The summed E-state index contributed by atoms with van der Waals surface area (Å²) in [6.07, 6.45) is 1.92. The van der Waals surface area contributed by atoms with Gasteiger partial charge in [0.25, 0.3) is 0 Å². The Kier molecular flexibility index (Phi) is 5.16. The van der Waals surface area contributed by atoms with Gasteiger partial charge >= 0.3 is 5.97 Å². The molecule has 24 heavy (non-hydrogen) atoms. The van der Waals surface area contributed by atoms with Crippen molar-refractivity contribution in [2.45, 2.75) is 58.2 Å². The molecule has 0 saturated carbocycles. The van der Waals surface area contributed by atoms with Crippen LogP contribution in [-0.2, 0) is 0 Å². The number of fused-ring (bicyclic) bond motifs is 1. The number of rotatable bonds is 5. The van der Waals surface area contributed by atoms with Crippen molar-refractivity contribution < 1.29 is 14.3 Å². The van der Waals surface area contributed by atoms with Crippen molar-refractivity contribution in [2.24, 2.45) is 0 Å². The highest BCUT2D eigenvalue weighted by atomic mass is 35.5. The van der Waals surface area contributed by atoms with E-state index in [1.807, 2.05) is 6.20 Å². The summed E-state index contributed by atoms with van der Waals surface area (Å²) in [5.74, 6) is -1.86. The van der Waals surface area contributed by atoms with Crippen LogP contribution in [0.2, 0.25) is 21.6 Å². The minimum absolute atomic E-state index is 0.180. The predicted octanol–water partition coefficient (Wildman–Crippen LogP) is 6.16. The summed E-state index contributed by atoms with van der Waals surface area (Å²) in [5.41, 5.74) is 1.71. The van der Waals surface area contributed by atoms with E-state index in [0.717, 1.165) is 0 Å². The Morgan fingerprint density at radius 2 is 1.67 bits per heavy atom. The minimum Gasteiger partial charge on any atom is -0.478 e. The molecule has 2 aromatic rings. The van der Waals surface area contributed by atoms with Crippen LogP contribution in [0.25, 0.3) is 10.9 Å². The third-order valence-corrected chi connectivity index (χ3v) is 12.4. The van der Waals surface area contributed by atoms with E-state index in [4.69, 9.17) is 11.6 Å². The molecule has 6 heteroatoms. The van der Waals surface area contributed by atoms with Gasteiger partial charge in [0, 0.05) is 10.9 Å². The molecule has 1 N–H and O–H groups in total. The van der Waals surface area contributed by atoms with Crippen LogP contribution < -0.4 is 0 Å². The van der Waals surface area contributed by atoms with Gasteiger partial charge in [-0.2, -0.15) is 0 Å². The fourth-order valence-electron chi connectivity index (χ4n) is 4.54. The number of aromatic carboxylic acids is 1. The number of hydrogen-bond donors (Lipinski definition) is 1. The summed E-state index contributed by atoms with van der Waals surface area (Å²) in [5, 5.41) is 9.43. The van der Waals surface area contributed by atoms with Crippen LogP contribution in [0.4, 0.5) is 4.39 Å². The van der Waals surface area contributed by atoms with Gasteiger partial charge in [-0.25, -0.2) is 9.18 Å². The van der Waals surface area contributed by atoms with Gasteiger partial charge in [0.2, 0.25) is 0 Å². The highest BCUT2D eigenvalue weighted by Crippen LogP contribution is 2.45. The van der Waals surface area contributed by atoms with Gasteiger partial charge in [-0.3, -0.25) is 0 Å². The number of aromatic nitrogens is 1. The summed E-state index contributed by atoms with van der Waals surface area (Å²) in [6, 6.07) is 3.25. The number of benzene rings is 1. The first-order chi connectivity index (χ1) is 11.1. The van der Waals surface area contributed by atoms with E-state index in [1.54, 1.807) is 6.07 Å². The Balaban J connectivity index is 2.93. The van der Waals surface area contributed by atoms with Gasteiger partial charge < -0.3 is 9.34 Å². The maximum absolute atomic E-state index is 14.6. The van der Waals surface area contributed by atoms with Gasteiger partial charge in [0.1, 0.15) is 0 Å². The average Bonchev–Trinajstić information content (AvgIpc) is 2.86. The second-order valence-electron chi connectivity index (χ2n) is 7.33. The second-order valence-corrected chi connectivity index (χ2v) is 13.4. The lowest BCUT2D eigenvalue weighted by Gasteiger charge is -2.44. The molecular weight excluding hydrogens is 345 g/mol. The monoisotopic (exact) mass is 369 g/mol. The molecule has 1 aromatic heterocycles. The molecule has 0 spiro atoms. The van der Waals surface area contributed by atoms with Crippen LogP contribution in [-0.4, -0.2) is 23.5 Å². The van der Waals surface area contributed by atoms with E-state index in [0.29, 0.717) is 27.5 Å². The smallest absolute Gasteiger partial charge is 0.337 e. The van der Waals surface area contributed by atoms with Crippen LogP contribution in [0.1, 0.15) is 51.9 Å². The van der Waals surface area contributed by atoms with Crippen molar-refractivity contribution in [3.8, 4) is 0 Å². The predicted molar refractivity (Wildman–Crippen MR) is 100 cm³/mol. The molecule has 0 aliphatic heterocycles. The lowest BCUT2D eigenvalue weighted by molar-refractivity contribution is 0.0696. The molecule has 0 fully saturated rings. The zero-order valence-electron chi connectivity index (χ0n) is 15.0. The molecule has 3 nitrogen and oxygen atoms in total. The SMILES string of the molecule is CC(C)[Si](C(C)C)(C(C)C)n1ccc2c(F)c(Cl)c(C(=O)O)cc21. The molecule has 0 atom stereocenters. The van der Waals surface area contributed by atoms with Gasteiger partial charge in [0.15, 0.2) is 14.1 Å². The molecule has 0 radical (unpaired) electrons. The molecule has 132 valence electrons. The number of carbonyl (C=O) groups is 1. The third-order valence-electron chi connectivity index (χ3n) is 5.29. The molecular formula is C18H25ClFNO2Si. The van der Waals surface area contributed by atoms with Crippen LogP contribution in [0.3, 0.4) is 0 Å². The van der Waals surface area contributed by atoms with Crippen molar-refractivity contribution in [2.75, 3.05) is 0 Å². The van der Waals surface area contributed by atoms with E-state index >= 15 is 0 Å². The van der Waals surface area contributed by atoms with Crippen molar-refractivity contribution in [1.29, 1.82) is 0 Å². The molecule has 1 heterocycles. The zero-order chi connectivity index (χ0) is 18.4. The molecule has 1 aromatic carbocycles. The Labute approximate surface area is 148 Å². The molecule has 0 unspecified atom stereocenters. The Morgan fingerprint density at radius 3 is 2.08 bits per heavy atom. The normalized spacial score (nSPS) is 12.8. The summed E-state index contributed by atoms with van der Waals surface area (Å²) in [7, 11) is -2.10. The zero-order valence-corrected chi connectivity index (χ0v) is 16.8. The summed E-state index contributed by atoms with van der Waals surface area (Å²) >= 11 is 5.92. The first kappa shape index (κ1) is 19.0. The number of nitrogens with zero attached hydrogens (tertiary/aromatic N) is 1.